The van der Waals surface area contributed by atoms with Gasteiger partial charge in [0.2, 0.25) is 5.95 Å². The quantitative estimate of drug-likeness (QED) is 0.646. The number of nitrogens with two attached hydrogens (primary N) is 1. The molecular formula is C13H14N6O3S. The fourth-order valence-corrected chi connectivity index (χ4v) is 2.64. The molecule has 0 saturated carbocycles. The van der Waals surface area contributed by atoms with Crippen molar-refractivity contribution in [3.8, 4) is 0 Å². The Bertz CT molecular complexity index is 832. The minimum absolute atomic E-state index is 0.0243. The lowest BCUT2D eigenvalue weighted by Crippen LogP contribution is -2.23. The predicted octanol–water partition coefficient (Wildman–Crippen LogP) is 2.03. The Morgan fingerprint density at radius 3 is 3.00 bits per heavy atom. The maximum Gasteiger partial charge on any atom is 0.415 e. The molecule has 0 aromatic carbocycles. The van der Waals surface area contributed by atoms with Crippen molar-refractivity contribution >= 4 is 46.4 Å². The summed E-state index contributed by atoms with van der Waals surface area (Å²) in [4.78, 5) is 24.0. The second-order valence-electron chi connectivity index (χ2n) is 4.73. The first-order valence-corrected chi connectivity index (χ1v) is 7.64. The van der Waals surface area contributed by atoms with Crippen LogP contribution in [0.2, 0.25) is 0 Å². The van der Waals surface area contributed by atoms with E-state index in [1.807, 2.05) is 11.4 Å². The number of hydrogen-bond donors (Lipinski definition) is 3. The first kappa shape index (κ1) is 15.0. The van der Waals surface area contributed by atoms with Crippen LogP contribution in [0.25, 0.3) is 11.2 Å². The van der Waals surface area contributed by atoms with Crippen LogP contribution in [0.1, 0.15) is 5.56 Å². The van der Waals surface area contributed by atoms with E-state index in [9.17, 15) is 4.79 Å². The normalized spacial score (nSPS) is 10.8. The van der Waals surface area contributed by atoms with Gasteiger partial charge in [0, 0.05) is 13.6 Å². The number of aromatic nitrogens is 3. The summed E-state index contributed by atoms with van der Waals surface area (Å²) in [6.07, 6.45) is -0.376. The van der Waals surface area contributed by atoms with E-state index in [2.05, 4.69) is 25.6 Å². The van der Waals surface area contributed by atoms with Crippen LogP contribution in [0.15, 0.2) is 21.2 Å². The monoisotopic (exact) mass is 334 g/mol. The zero-order chi connectivity index (χ0) is 16.4. The van der Waals surface area contributed by atoms with Crippen LogP contribution in [-0.4, -0.2) is 39.7 Å². The van der Waals surface area contributed by atoms with E-state index < -0.39 is 6.09 Å². The summed E-state index contributed by atoms with van der Waals surface area (Å²) in [6, 6.07) is 1.96. The molecule has 9 nitrogen and oxygen atoms in total. The number of carbonyl (C=O) groups is 1. The Hall–Kier alpha value is -2.88. The van der Waals surface area contributed by atoms with Crippen molar-refractivity contribution < 1.29 is 14.3 Å². The van der Waals surface area contributed by atoms with E-state index in [1.54, 1.807) is 11.3 Å². The molecule has 1 amide bonds. The van der Waals surface area contributed by atoms with E-state index in [4.69, 9.17) is 15.3 Å². The van der Waals surface area contributed by atoms with Crippen LogP contribution in [0, 0.1) is 0 Å². The number of nitrogens with one attached hydrogen (secondary N) is 1. The molecule has 0 fully saturated rings. The van der Waals surface area contributed by atoms with Gasteiger partial charge in [-0.25, -0.2) is 9.69 Å². The third kappa shape index (κ3) is 3.16. The largest absolute Gasteiger partial charge is 0.465 e. The van der Waals surface area contributed by atoms with Crippen LogP contribution in [0.4, 0.5) is 22.6 Å². The highest BCUT2D eigenvalue weighted by molar-refractivity contribution is 7.07. The smallest absolute Gasteiger partial charge is 0.415 e. The van der Waals surface area contributed by atoms with Crippen molar-refractivity contribution in [3.05, 3.63) is 22.4 Å². The van der Waals surface area contributed by atoms with Crippen molar-refractivity contribution in [2.24, 2.45) is 0 Å². The fraction of sp³-hybridized carbons (Fsp3) is 0.231. The highest BCUT2D eigenvalue weighted by Crippen LogP contribution is 2.25. The van der Waals surface area contributed by atoms with Gasteiger partial charge in [0.15, 0.2) is 11.3 Å². The maximum atomic E-state index is 11.0. The lowest BCUT2D eigenvalue weighted by molar-refractivity contribution is 0.202. The van der Waals surface area contributed by atoms with Crippen molar-refractivity contribution in [3.63, 3.8) is 0 Å². The molecule has 120 valence electrons. The second-order valence-corrected chi connectivity index (χ2v) is 5.51. The van der Waals surface area contributed by atoms with E-state index in [1.165, 1.54) is 12.6 Å². The van der Waals surface area contributed by atoms with Gasteiger partial charge in [-0.3, -0.25) is 0 Å². The number of amides is 1. The molecule has 0 aliphatic heterocycles. The Labute approximate surface area is 134 Å². The standard InChI is InChI=1S/C13H14N6O3S/c1-19(13(20)21)12-16-8-9(17-11(14)18-10(8)22-12)15-4-2-7-3-5-23-6-7/h3,5-6H,2,4H2,1H3,(H,20,21)(H3,14,15,17,18). The summed E-state index contributed by atoms with van der Waals surface area (Å²) in [5, 5.41) is 16.2. The molecule has 3 aromatic rings. The number of nitrogens with zero attached hydrogens (tertiary/aromatic N) is 4. The molecule has 0 unspecified atom stereocenters. The van der Waals surface area contributed by atoms with E-state index in [0.717, 1.165) is 11.3 Å². The van der Waals surface area contributed by atoms with Gasteiger partial charge in [0.25, 0.3) is 5.71 Å². The fourth-order valence-electron chi connectivity index (χ4n) is 1.94. The number of anilines is 3. The van der Waals surface area contributed by atoms with E-state index in [0.29, 0.717) is 17.9 Å². The molecule has 0 atom stereocenters. The first-order chi connectivity index (χ1) is 11.0. The molecule has 23 heavy (non-hydrogen) atoms. The molecule has 3 aromatic heterocycles. The highest BCUT2D eigenvalue weighted by Gasteiger charge is 2.19. The number of fused-ring (bicyclic) bond motifs is 1. The number of hydrogen-bond acceptors (Lipinski definition) is 8. The summed E-state index contributed by atoms with van der Waals surface area (Å²) in [6.45, 7) is 0.624. The molecular weight excluding hydrogens is 320 g/mol. The number of oxazole rings is 1. The Morgan fingerprint density at radius 1 is 1.48 bits per heavy atom. The predicted molar refractivity (Wildman–Crippen MR) is 87.0 cm³/mol. The van der Waals surface area contributed by atoms with Crippen molar-refractivity contribution in [2.45, 2.75) is 6.42 Å². The average Bonchev–Trinajstić information content (AvgIpc) is 3.15. The topological polar surface area (TPSA) is 130 Å². The Balaban J connectivity index is 1.85. The lowest BCUT2D eigenvalue weighted by Gasteiger charge is -2.05. The van der Waals surface area contributed by atoms with Crippen LogP contribution in [-0.2, 0) is 6.42 Å². The first-order valence-electron chi connectivity index (χ1n) is 6.70. The van der Waals surface area contributed by atoms with Crippen molar-refractivity contribution in [1.82, 2.24) is 15.0 Å². The van der Waals surface area contributed by atoms with Gasteiger partial charge in [0.1, 0.15) is 0 Å². The summed E-state index contributed by atoms with van der Waals surface area (Å²) in [5.41, 5.74) is 7.35. The molecule has 0 saturated heterocycles. The van der Waals surface area contributed by atoms with Crippen molar-refractivity contribution in [2.75, 3.05) is 29.5 Å². The van der Waals surface area contributed by atoms with Gasteiger partial charge in [-0.05, 0) is 28.8 Å². The van der Waals surface area contributed by atoms with Crippen LogP contribution in [0.5, 0.6) is 0 Å². The summed E-state index contributed by atoms with van der Waals surface area (Å²) >= 11 is 1.64. The summed E-state index contributed by atoms with van der Waals surface area (Å²) in [5.74, 6) is 0.438. The zero-order valence-corrected chi connectivity index (χ0v) is 13.0. The molecule has 0 bridgehead atoms. The number of rotatable bonds is 5. The molecule has 0 aliphatic rings. The molecule has 10 heteroatoms. The minimum Gasteiger partial charge on any atom is -0.465 e. The second kappa shape index (κ2) is 6.08. The lowest BCUT2D eigenvalue weighted by atomic mass is 10.2. The van der Waals surface area contributed by atoms with Gasteiger partial charge in [-0.2, -0.15) is 26.3 Å². The Kier molecular flexibility index (Phi) is 3.98. The number of thiophene rings is 1. The molecule has 0 aliphatic carbocycles. The van der Waals surface area contributed by atoms with Gasteiger partial charge in [-0.1, -0.05) is 0 Å². The van der Waals surface area contributed by atoms with E-state index >= 15 is 0 Å². The van der Waals surface area contributed by atoms with Gasteiger partial charge < -0.3 is 20.6 Å². The molecule has 0 radical (unpaired) electrons. The van der Waals surface area contributed by atoms with Gasteiger partial charge >= 0.3 is 12.1 Å². The van der Waals surface area contributed by atoms with E-state index in [-0.39, 0.29) is 17.7 Å². The number of nitrogen functional groups attached to an aromatic ring is 1. The van der Waals surface area contributed by atoms with Crippen LogP contribution >= 0.6 is 11.3 Å². The molecule has 3 rings (SSSR count). The SMILES string of the molecule is CN(C(=O)O)c1nc2c(NCCc3ccsc3)nc(N)nc2o1. The maximum absolute atomic E-state index is 11.0. The Morgan fingerprint density at radius 2 is 2.30 bits per heavy atom. The third-order valence-corrected chi connectivity index (χ3v) is 3.86. The molecule has 0 spiro atoms. The molecule has 4 N–H and O–H groups in total. The number of carboxylic acid groups (broad SMARTS) is 1. The van der Waals surface area contributed by atoms with Crippen molar-refractivity contribution in [1.29, 1.82) is 0 Å². The minimum atomic E-state index is -1.19. The summed E-state index contributed by atoms with van der Waals surface area (Å²) < 4.78 is 5.33. The highest BCUT2D eigenvalue weighted by atomic mass is 32.1. The molecule has 3 heterocycles. The van der Waals surface area contributed by atoms with Crippen LogP contribution in [0.3, 0.4) is 0 Å². The zero-order valence-electron chi connectivity index (χ0n) is 12.2. The van der Waals surface area contributed by atoms with Gasteiger partial charge in [-0.15, -0.1) is 0 Å². The van der Waals surface area contributed by atoms with Gasteiger partial charge in [0.05, 0.1) is 0 Å². The summed E-state index contributed by atoms with van der Waals surface area (Å²) in [7, 11) is 1.33. The average molecular weight is 334 g/mol. The van der Waals surface area contributed by atoms with Crippen LogP contribution < -0.4 is 16.0 Å². The third-order valence-electron chi connectivity index (χ3n) is 3.12.